The summed E-state index contributed by atoms with van der Waals surface area (Å²) in [5, 5.41) is 10.3. The molecule has 1 saturated heterocycles. The number of carboxylic acid groups (broad SMARTS) is 1. The monoisotopic (exact) mass is 295 g/mol. The Balaban J connectivity index is 0.000000246. The number of hydrogen-bond acceptors (Lipinski definition) is 3. The lowest BCUT2D eigenvalue weighted by Crippen LogP contribution is -2.39. The van der Waals surface area contributed by atoms with Gasteiger partial charge in [-0.25, -0.2) is 9.18 Å². The molecular formula is C12H13F4NO3. The zero-order valence-corrected chi connectivity index (χ0v) is 10.5. The maximum Gasteiger partial charge on any atom is 0.490 e. The molecule has 1 aromatic carbocycles. The molecule has 4 nitrogen and oxygen atoms in total. The Morgan fingerprint density at radius 2 is 1.95 bits per heavy atom. The van der Waals surface area contributed by atoms with E-state index in [1.165, 1.54) is 13.2 Å². The first-order valence-electron chi connectivity index (χ1n) is 5.60. The van der Waals surface area contributed by atoms with Gasteiger partial charge in [0.15, 0.2) is 11.6 Å². The molecule has 1 aliphatic rings. The first kappa shape index (κ1) is 16.2. The van der Waals surface area contributed by atoms with Crippen molar-refractivity contribution >= 4 is 5.97 Å². The normalized spacial score (nSPS) is 14.8. The van der Waals surface area contributed by atoms with Gasteiger partial charge in [-0.3, -0.25) is 0 Å². The van der Waals surface area contributed by atoms with Crippen molar-refractivity contribution in [3.63, 3.8) is 0 Å². The topological polar surface area (TPSA) is 58.6 Å². The van der Waals surface area contributed by atoms with E-state index in [1.807, 2.05) is 6.07 Å². The summed E-state index contributed by atoms with van der Waals surface area (Å²) in [4.78, 5) is 8.90. The van der Waals surface area contributed by atoms with Crippen LogP contribution in [0.4, 0.5) is 17.6 Å². The van der Waals surface area contributed by atoms with Crippen LogP contribution in [-0.2, 0) is 4.79 Å². The number of benzene rings is 1. The van der Waals surface area contributed by atoms with E-state index in [0.717, 1.165) is 18.7 Å². The Kier molecular flexibility index (Phi) is 5.32. The fraction of sp³-hybridized carbons (Fsp3) is 0.417. The number of aliphatic carboxylic acids is 1. The Morgan fingerprint density at radius 3 is 2.30 bits per heavy atom. The van der Waals surface area contributed by atoms with E-state index >= 15 is 0 Å². The Morgan fingerprint density at radius 1 is 1.40 bits per heavy atom. The van der Waals surface area contributed by atoms with Gasteiger partial charge in [-0.05, 0) is 17.7 Å². The first-order chi connectivity index (χ1) is 9.25. The number of carboxylic acids is 1. The molecule has 0 radical (unpaired) electrons. The molecule has 0 aromatic heterocycles. The molecular weight excluding hydrogens is 282 g/mol. The molecule has 0 unspecified atom stereocenters. The van der Waals surface area contributed by atoms with Crippen molar-refractivity contribution in [3.05, 3.63) is 29.6 Å². The molecule has 8 heteroatoms. The van der Waals surface area contributed by atoms with E-state index in [9.17, 15) is 17.6 Å². The molecule has 0 aliphatic carbocycles. The Labute approximate surface area is 112 Å². The van der Waals surface area contributed by atoms with Crippen LogP contribution in [0.3, 0.4) is 0 Å². The van der Waals surface area contributed by atoms with Gasteiger partial charge >= 0.3 is 12.1 Å². The fourth-order valence-electron chi connectivity index (χ4n) is 1.45. The lowest BCUT2D eigenvalue weighted by Gasteiger charge is -2.27. The number of nitrogens with one attached hydrogen (secondary N) is 1. The molecule has 0 spiro atoms. The van der Waals surface area contributed by atoms with Crippen LogP contribution < -0.4 is 10.1 Å². The van der Waals surface area contributed by atoms with Gasteiger partial charge in [-0.2, -0.15) is 13.2 Å². The van der Waals surface area contributed by atoms with Gasteiger partial charge in [-0.15, -0.1) is 0 Å². The van der Waals surface area contributed by atoms with Crippen molar-refractivity contribution in [2.45, 2.75) is 12.1 Å². The Bertz CT molecular complexity index is 472. The molecule has 0 atom stereocenters. The summed E-state index contributed by atoms with van der Waals surface area (Å²) in [5.74, 6) is -2.19. The minimum Gasteiger partial charge on any atom is -0.494 e. The summed E-state index contributed by atoms with van der Waals surface area (Å²) in [6.07, 6.45) is -5.08. The third-order valence-electron chi connectivity index (χ3n) is 2.67. The average Bonchev–Trinajstić information content (AvgIpc) is 2.28. The molecule has 1 aromatic rings. The second-order valence-corrected chi connectivity index (χ2v) is 4.05. The van der Waals surface area contributed by atoms with Crippen molar-refractivity contribution in [2.24, 2.45) is 0 Å². The third-order valence-corrected chi connectivity index (χ3v) is 2.67. The van der Waals surface area contributed by atoms with Crippen molar-refractivity contribution in [1.29, 1.82) is 0 Å². The number of ether oxygens (including phenoxy) is 1. The molecule has 20 heavy (non-hydrogen) atoms. The van der Waals surface area contributed by atoms with E-state index in [2.05, 4.69) is 5.32 Å². The van der Waals surface area contributed by atoms with Crippen LogP contribution in [0, 0.1) is 5.82 Å². The smallest absolute Gasteiger partial charge is 0.490 e. The maximum atomic E-state index is 13.0. The lowest BCUT2D eigenvalue weighted by atomic mass is 9.94. The summed E-state index contributed by atoms with van der Waals surface area (Å²) < 4.78 is 49.7. The van der Waals surface area contributed by atoms with Crippen LogP contribution in [0.2, 0.25) is 0 Å². The minimum atomic E-state index is -5.08. The van der Waals surface area contributed by atoms with E-state index in [1.54, 1.807) is 6.07 Å². The number of alkyl halides is 3. The quantitative estimate of drug-likeness (QED) is 0.821. The summed E-state index contributed by atoms with van der Waals surface area (Å²) in [6.45, 7) is 1.96. The highest BCUT2D eigenvalue weighted by molar-refractivity contribution is 5.73. The predicted molar refractivity (Wildman–Crippen MR) is 62.3 cm³/mol. The molecule has 112 valence electrons. The van der Waals surface area contributed by atoms with Crippen LogP contribution in [-0.4, -0.2) is 37.5 Å². The highest BCUT2D eigenvalue weighted by atomic mass is 19.4. The average molecular weight is 295 g/mol. The highest BCUT2D eigenvalue weighted by Crippen LogP contribution is 2.25. The van der Waals surface area contributed by atoms with Gasteiger partial charge in [0.2, 0.25) is 0 Å². The van der Waals surface area contributed by atoms with E-state index in [-0.39, 0.29) is 5.82 Å². The van der Waals surface area contributed by atoms with E-state index in [4.69, 9.17) is 14.6 Å². The maximum absolute atomic E-state index is 13.0. The minimum absolute atomic E-state index is 0.293. The third kappa shape index (κ3) is 4.37. The number of carbonyl (C=O) groups is 1. The summed E-state index contributed by atoms with van der Waals surface area (Å²) >= 11 is 0. The number of rotatable bonds is 2. The van der Waals surface area contributed by atoms with Gasteiger partial charge in [0.1, 0.15) is 0 Å². The van der Waals surface area contributed by atoms with Gasteiger partial charge < -0.3 is 15.2 Å². The van der Waals surface area contributed by atoms with Crippen molar-refractivity contribution in [2.75, 3.05) is 20.2 Å². The predicted octanol–water partition coefficient (Wildman–Crippen LogP) is 2.15. The zero-order valence-electron chi connectivity index (χ0n) is 10.5. The summed E-state index contributed by atoms with van der Waals surface area (Å²) in [5.41, 5.74) is 1.15. The van der Waals surface area contributed by atoms with Crippen molar-refractivity contribution < 1.29 is 32.2 Å². The first-order valence-corrected chi connectivity index (χ1v) is 5.60. The molecule has 0 bridgehead atoms. The standard InChI is InChI=1S/C10H12FNO.C2HF3O2/c1-13-10-4-7(2-3-9(10)11)8-5-12-6-8;3-2(4,5)1(6)7/h2-4,8,12H,5-6H2,1H3;(H,6,7). The van der Waals surface area contributed by atoms with Gasteiger partial charge in [-0.1, -0.05) is 6.07 Å². The second kappa shape index (κ2) is 6.56. The molecule has 0 saturated carbocycles. The molecule has 0 amide bonds. The summed E-state index contributed by atoms with van der Waals surface area (Å²) in [7, 11) is 1.49. The second-order valence-electron chi connectivity index (χ2n) is 4.05. The van der Waals surface area contributed by atoms with Crippen LogP contribution in [0.1, 0.15) is 11.5 Å². The number of halogens is 4. The summed E-state index contributed by atoms with van der Waals surface area (Å²) in [6, 6.07) is 5.07. The molecule has 2 N–H and O–H groups in total. The zero-order chi connectivity index (χ0) is 15.3. The van der Waals surface area contributed by atoms with Crippen LogP contribution in [0.25, 0.3) is 0 Å². The van der Waals surface area contributed by atoms with Crippen LogP contribution in [0.15, 0.2) is 18.2 Å². The van der Waals surface area contributed by atoms with Gasteiger partial charge in [0, 0.05) is 19.0 Å². The van der Waals surface area contributed by atoms with Gasteiger partial charge in [0.25, 0.3) is 0 Å². The molecule has 1 aliphatic heterocycles. The van der Waals surface area contributed by atoms with Crippen LogP contribution in [0.5, 0.6) is 5.75 Å². The fourth-order valence-corrected chi connectivity index (χ4v) is 1.45. The molecule has 1 heterocycles. The lowest BCUT2D eigenvalue weighted by molar-refractivity contribution is -0.192. The largest absolute Gasteiger partial charge is 0.494 e. The number of hydrogen-bond donors (Lipinski definition) is 2. The van der Waals surface area contributed by atoms with Crippen molar-refractivity contribution in [1.82, 2.24) is 5.32 Å². The van der Waals surface area contributed by atoms with Crippen molar-refractivity contribution in [3.8, 4) is 5.75 Å². The van der Waals surface area contributed by atoms with E-state index in [0.29, 0.717) is 11.7 Å². The van der Waals surface area contributed by atoms with E-state index < -0.39 is 12.1 Å². The highest BCUT2D eigenvalue weighted by Gasteiger charge is 2.38. The molecule has 2 rings (SSSR count). The number of methoxy groups -OCH3 is 1. The molecule has 1 fully saturated rings. The van der Waals surface area contributed by atoms with Crippen LogP contribution >= 0.6 is 0 Å². The SMILES string of the molecule is COc1cc(C2CNC2)ccc1F.O=C(O)C(F)(F)F. The Hall–Kier alpha value is -1.83. The van der Waals surface area contributed by atoms with Gasteiger partial charge in [0.05, 0.1) is 7.11 Å².